The van der Waals surface area contributed by atoms with E-state index in [4.69, 9.17) is 11.6 Å². The molecule has 98 valence electrons. The summed E-state index contributed by atoms with van der Waals surface area (Å²) in [5, 5.41) is 5.89. The second kappa shape index (κ2) is 6.54. The van der Waals surface area contributed by atoms with Crippen LogP contribution in [0.5, 0.6) is 0 Å². The molecule has 0 bridgehead atoms. The number of pyridine rings is 1. The van der Waals surface area contributed by atoms with Gasteiger partial charge in [-0.05, 0) is 29.8 Å². The number of urea groups is 1. The Balaban J connectivity index is 1.84. The van der Waals surface area contributed by atoms with E-state index in [1.807, 2.05) is 24.3 Å². The number of amides is 2. The number of carbonyl (C=O) groups excluding carboxylic acids is 1. The van der Waals surface area contributed by atoms with E-state index in [-0.39, 0.29) is 6.03 Å². The van der Waals surface area contributed by atoms with Crippen molar-refractivity contribution in [1.82, 2.24) is 10.3 Å². The zero-order chi connectivity index (χ0) is 13.7. The Kier molecular flexibility index (Phi) is 4.76. The summed E-state index contributed by atoms with van der Waals surface area (Å²) in [6.07, 6.45) is 1.48. The van der Waals surface area contributed by atoms with Crippen LogP contribution in [-0.2, 0) is 6.54 Å². The molecule has 0 radical (unpaired) electrons. The number of carbonyl (C=O) groups is 1. The van der Waals surface area contributed by atoms with Crippen LogP contribution in [0.3, 0.4) is 0 Å². The van der Waals surface area contributed by atoms with Crippen LogP contribution in [0, 0.1) is 0 Å². The SMILES string of the molecule is O=C(NCc1ccc(Br)cc1)Nc1ccc(Cl)cn1. The van der Waals surface area contributed by atoms with Gasteiger partial charge in [-0.3, -0.25) is 5.32 Å². The van der Waals surface area contributed by atoms with Gasteiger partial charge in [-0.15, -0.1) is 0 Å². The number of nitrogens with zero attached hydrogens (tertiary/aromatic N) is 1. The Morgan fingerprint density at radius 3 is 2.58 bits per heavy atom. The lowest BCUT2D eigenvalue weighted by molar-refractivity contribution is 0.251. The fraction of sp³-hybridized carbons (Fsp3) is 0.0769. The first kappa shape index (κ1) is 13.8. The lowest BCUT2D eigenvalue weighted by atomic mass is 10.2. The summed E-state index contributed by atoms with van der Waals surface area (Å²) < 4.78 is 1.01. The molecule has 2 rings (SSSR count). The third-order valence-electron chi connectivity index (χ3n) is 2.34. The number of nitrogens with one attached hydrogen (secondary N) is 2. The fourth-order valence-electron chi connectivity index (χ4n) is 1.39. The van der Waals surface area contributed by atoms with Gasteiger partial charge in [0, 0.05) is 17.2 Å². The standard InChI is InChI=1S/C13H11BrClN3O/c14-10-3-1-9(2-4-10)7-17-13(19)18-12-6-5-11(15)8-16-12/h1-6,8H,7H2,(H2,16,17,18,19). The van der Waals surface area contributed by atoms with Crippen molar-refractivity contribution in [3.8, 4) is 0 Å². The Bertz CT molecular complexity index is 557. The summed E-state index contributed by atoms with van der Waals surface area (Å²) in [7, 11) is 0. The molecule has 0 spiro atoms. The van der Waals surface area contributed by atoms with Gasteiger partial charge in [0.15, 0.2) is 0 Å². The van der Waals surface area contributed by atoms with Crippen molar-refractivity contribution in [1.29, 1.82) is 0 Å². The summed E-state index contributed by atoms with van der Waals surface area (Å²) in [5.74, 6) is 0.456. The molecule has 2 aromatic rings. The van der Waals surface area contributed by atoms with E-state index < -0.39 is 0 Å². The van der Waals surface area contributed by atoms with E-state index in [9.17, 15) is 4.79 Å². The summed E-state index contributed by atoms with van der Waals surface area (Å²) in [5.41, 5.74) is 1.02. The van der Waals surface area contributed by atoms with E-state index >= 15 is 0 Å². The highest BCUT2D eigenvalue weighted by Crippen LogP contribution is 2.11. The van der Waals surface area contributed by atoms with Crippen LogP contribution in [0.25, 0.3) is 0 Å². The molecule has 0 fully saturated rings. The third-order valence-corrected chi connectivity index (χ3v) is 3.09. The smallest absolute Gasteiger partial charge is 0.320 e. The molecule has 1 aromatic heterocycles. The van der Waals surface area contributed by atoms with Crippen molar-refractivity contribution < 1.29 is 4.79 Å². The average molecular weight is 341 g/mol. The molecular weight excluding hydrogens is 330 g/mol. The predicted molar refractivity (Wildman–Crippen MR) is 79.2 cm³/mol. The first-order valence-electron chi connectivity index (χ1n) is 5.54. The second-order valence-corrected chi connectivity index (χ2v) is 5.15. The monoisotopic (exact) mass is 339 g/mol. The zero-order valence-electron chi connectivity index (χ0n) is 9.86. The zero-order valence-corrected chi connectivity index (χ0v) is 12.2. The van der Waals surface area contributed by atoms with Crippen molar-refractivity contribution in [3.63, 3.8) is 0 Å². The maximum absolute atomic E-state index is 11.6. The molecule has 19 heavy (non-hydrogen) atoms. The number of hydrogen-bond donors (Lipinski definition) is 2. The van der Waals surface area contributed by atoms with Gasteiger partial charge >= 0.3 is 6.03 Å². The normalized spacial score (nSPS) is 10.0. The molecule has 0 aliphatic heterocycles. The van der Waals surface area contributed by atoms with Gasteiger partial charge in [0.2, 0.25) is 0 Å². The molecule has 4 nitrogen and oxygen atoms in total. The van der Waals surface area contributed by atoms with Crippen LogP contribution >= 0.6 is 27.5 Å². The number of benzene rings is 1. The summed E-state index contributed by atoms with van der Waals surface area (Å²) in [4.78, 5) is 15.6. The van der Waals surface area contributed by atoms with Crippen molar-refractivity contribution in [3.05, 3.63) is 57.7 Å². The molecule has 1 aromatic carbocycles. The second-order valence-electron chi connectivity index (χ2n) is 3.80. The van der Waals surface area contributed by atoms with Crippen LogP contribution < -0.4 is 10.6 Å². The van der Waals surface area contributed by atoms with E-state index in [2.05, 4.69) is 31.5 Å². The molecule has 0 unspecified atom stereocenters. The Hall–Kier alpha value is -1.59. The van der Waals surface area contributed by atoms with Crippen molar-refractivity contribution in [2.45, 2.75) is 6.54 Å². The molecule has 0 aliphatic rings. The van der Waals surface area contributed by atoms with Gasteiger partial charge in [0.05, 0.1) is 5.02 Å². The number of anilines is 1. The maximum Gasteiger partial charge on any atom is 0.320 e. The first-order valence-corrected chi connectivity index (χ1v) is 6.71. The molecule has 6 heteroatoms. The lowest BCUT2D eigenvalue weighted by Gasteiger charge is -2.07. The van der Waals surface area contributed by atoms with Gasteiger partial charge in [-0.2, -0.15) is 0 Å². The molecule has 1 heterocycles. The number of hydrogen-bond acceptors (Lipinski definition) is 2. The van der Waals surface area contributed by atoms with E-state index in [1.165, 1.54) is 6.20 Å². The molecule has 0 saturated carbocycles. The molecule has 2 amide bonds. The topological polar surface area (TPSA) is 54.0 Å². The molecule has 0 atom stereocenters. The summed E-state index contributed by atoms with van der Waals surface area (Å²) >= 11 is 9.06. The van der Waals surface area contributed by atoms with Gasteiger partial charge in [0.25, 0.3) is 0 Å². The highest BCUT2D eigenvalue weighted by molar-refractivity contribution is 9.10. The quantitative estimate of drug-likeness (QED) is 0.892. The van der Waals surface area contributed by atoms with Crippen molar-refractivity contribution >= 4 is 39.4 Å². The lowest BCUT2D eigenvalue weighted by Crippen LogP contribution is -2.28. The van der Waals surface area contributed by atoms with Crippen molar-refractivity contribution in [2.24, 2.45) is 0 Å². The Morgan fingerprint density at radius 2 is 1.95 bits per heavy atom. The van der Waals surface area contributed by atoms with Gasteiger partial charge in [0.1, 0.15) is 5.82 Å². The van der Waals surface area contributed by atoms with E-state index in [0.29, 0.717) is 17.4 Å². The summed E-state index contributed by atoms with van der Waals surface area (Å²) in [6, 6.07) is 10.7. The van der Waals surface area contributed by atoms with Crippen LogP contribution in [0.15, 0.2) is 47.1 Å². The Morgan fingerprint density at radius 1 is 1.21 bits per heavy atom. The average Bonchev–Trinajstić information content (AvgIpc) is 2.41. The highest BCUT2D eigenvalue weighted by atomic mass is 79.9. The minimum atomic E-state index is -0.308. The maximum atomic E-state index is 11.6. The minimum Gasteiger partial charge on any atom is -0.334 e. The molecular formula is C13H11BrClN3O. The minimum absolute atomic E-state index is 0.308. The molecule has 0 saturated heterocycles. The first-order chi connectivity index (χ1) is 9.13. The van der Waals surface area contributed by atoms with Gasteiger partial charge in [-0.25, -0.2) is 9.78 Å². The van der Waals surface area contributed by atoms with Crippen molar-refractivity contribution in [2.75, 3.05) is 5.32 Å². The van der Waals surface area contributed by atoms with Crippen LogP contribution in [0.1, 0.15) is 5.56 Å². The number of rotatable bonds is 3. The van der Waals surface area contributed by atoms with Gasteiger partial charge < -0.3 is 5.32 Å². The van der Waals surface area contributed by atoms with Gasteiger partial charge in [-0.1, -0.05) is 39.7 Å². The number of aromatic nitrogens is 1. The fourth-order valence-corrected chi connectivity index (χ4v) is 1.77. The van der Waals surface area contributed by atoms with Crippen LogP contribution in [-0.4, -0.2) is 11.0 Å². The van der Waals surface area contributed by atoms with E-state index in [0.717, 1.165) is 10.0 Å². The molecule has 2 N–H and O–H groups in total. The van der Waals surface area contributed by atoms with Crippen LogP contribution in [0.4, 0.5) is 10.6 Å². The van der Waals surface area contributed by atoms with E-state index in [1.54, 1.807) is 12.1 Å². The predicted octanol–water partition coefficient (Wildman–Crippen LogP) is 3.82. The summed E-state index contributed by atoms with van der Waals surface area (Å²) in [6.45, 7) is 0.451. The third kappa shape index (κ3) is 4.54. The highest BCUT2D eigenvalue weighted by Gasteiger charge is 2.02. The largest absolute Gasteiger partial charge is 0.334 e. The number of halogens is 2. The molecule has 0 aliphatic carbocycles. The van der Waals surface area contributed by atoms with Crippen LogP contribution in [0.2, 0.25) is 5.02 Å². The Labute approximate surface area is 124 Å².